The van der Waals surface area contributed by atoms with Gasteiger partial charge in [0.15, 0.2) is 0 Å². The van der Waals surface area contributed by atoms with Crippen LogP contribution in [0.3, 0.4) is 0 Å². The number of aromatic nitrogens is 2. The first-order valence-electron chi connectivity index (χ1n) is 5.32. The van der Waals surface area contributed by atoms with Gasteiger partial charge in [-0.15, -0.1) is 0 Å². The molecule has 0 aliphatic heterocycles. The Bertz CT molecular complexity index is 617. The van der Waals surface area contributed by atoms with E-state index >= 15 is 0 Å². The standard InChI is InChI=1S/C12H9BrF2N2O2/c13-9-6-16-17(7-8-4-2-1-3-5-8)11(18)10(9)19-12(14)15/h1-6,12H,7H2. The van der Waals surface area contributed by atoms with Gasteiger partial charge in [0.1, 0.15) is 0 Å². The van der Waals surface area contributed by atoms with Crippen LogP contribution in [0, 0.1) is 0 Å². The van der Waals surface area contributed by atoms with E-state index in [-0.39, 0.29) is 11.0 Å². The van der Waals surface area contributed by atoms with Gasteiger partial charge in [0, 0.05) is 0 Å². The zero-order valence-corrected chi connectivity index (χ0v) is 11.2. The highest BCUT2D eigenvalue weighted by atomic mass is 79.9. The van der Waals surface area contributed by atoms with Gasteiger partial charge in [-0.2, -0.15) is 13.9 Å². The van der Waals surface area contributed by atoms with Crippen LogP contribution in [0.1, 0.15) is 5.56 Å². The Morgan fingerprint density at radius 3 is 2.63 bits per heavy atom. The van der Waals surface area contributed by atoms with Gasteiger partial charge in [-0.1, -0.05) is 30.3 Å². The van der Waals surface area contributed by atoms with Crippen molar-refractivity contribution in [3.63, 3.8) is 0 Å². The quantitative estimate of drug-likeness (QED) is 0.865. The Morgan fingerprint density at radius 1 is 1.32 bits per heavy atom. The SMILES string of the molecule is O=c1c(OC(F)F)c(Br)cnn1Cc1ccccc1. The average Bonchev–Trinajstić information content (AvgIpc) is 2.39. The number of alkyl halides is 2. The summed E-state index contributed by atoms with van der Waals surface area (Å²) in [6.07, 6.45) is 1.25. The number of benzene rings is 1. The lowest BCUT2D eigenvalue weighted by atomic mass is 10.2. The zero-order valence-electron chi connectivity index (χ0n) is 9.59. The molecule has 0 N–H and O–H groups in total. The summed E-state index contributed by atoms with van der Waals surface area (Å²) in [5.74, 6) is -0.444. The largest absolute Gasteiger partial charge is 0.428 e. The molecule has 19 heavy (non-hydrogen) atoms. The molecule has 0 unspecified atom stereocenters. The molecule has 1 aromatic carbocycles. The molecule has 0 fully saturated rings. The molecule has 0 aliphatic carbocycles. The van der Waals surface area contributed by atoms with Crippen LogP contribution in [0.5, 0.6) is 5.75 Å². The topological polar surface area (TPSA) is 44.1 Å². The second kappa shape index (κ2) is 5.92. The summed E-state index contributed by atoms with van der Waals surface area (Å²) in [5, 5.41) is 3.87. The molecule has 0 spiro atoms. The molecule has 1 heterocycles. The van der Waals surface area contributed by atoms with E-state index in [4.69, 9.17) is 0 Å². The normalized spacial score (nSPS) is 10.7. The van der Waals surface area contributed by atoms with Crippen molar-refractivity contribution >= 4 is 15.9 Å². The molecule has 2 rings (SSSR count). The van der Waals surface area contributed by atoms with E-state index in [1.54, 1.807) is 0 Å². The first kappa shape index (κ1) is 13.7. The summed E-state index contributed by atoms with van der Waals surface area (Å²) in [4.78, 5) is 11.9. The number of hydrogen-bond acceptors (Lipinski definition) is 3. The number of nitrogens with zero attached hydrogens (tertiary/aromatic N) is 2. The van der Waals surface area contributed by atoms with Crippen LogP contribution in [0.15, 0.2) is 45.8 Å². The van der Waals surface area contributed by atoms with Gasteiger partial charge < -0.3 is 4.74 Å². The average molecular weight is 331 g/mol. The predicted octanol–water partition coefficient (Wildman–Crippen LogP) is 2.66. The molecule has 0 amide bonds. The first-order valence-corrected chi connectivity index (χ1v) is 6.11. The first-order chi connectivity index (χ1) is 9.08. The van der Waals surface area contributed by atoms with Crippen LogP contribution in [-0.4, -0.2) is 16.4 Å². The fourth-order valence-electron chi connectivity index (χ4n) is 1.52. The van der Waals surface area contributed by atoms with Gasteiger partial charge in [-0.05, 0) is 21.5 Å². The minimum absolute atomic E-state index is 0.0992. The second-order valence-electron chi connectivity index (χ2n) is 3.65. The number of rotatable bonds is 4. The van der Waals surface area contributed by atoms with Gasteiger partial charge in [-0.25, -0.2) is 4.68 Å². The smallest absolute Gasteiger partial charge is 0.387 e. The third-order valence-corrected chi connectivity index (χ3v) is 2.90. The maximum Gasteiger partial charge on any atom is 0.387 e. The molecule has 0 saturated heterocycles. The van der Waals surface area contributed by atoms with Crippen molar-refractivity contribution in [3.05, 3.63) is 56.9 Å². The Morgan fingerprint density at radius 2 is 2.00 bits per heavy atom. The molecule has 100 valence electrons. The number of hydrogen-bond donors (Lipinski definition) is 0. The van der Waals surface area contributed by atoms with Gasteiger partial charge in [0.25, 0.3) is 0 Å². The van der Waals surface area contributed by atoms with Crippen molar-refractivity contribution in [2.75, 3.05) is 0 Å². The van der Waals surface area contributed by atoms with Gasteiger partial charge in [-0.3, -0.25) is 4.79 Å². The summed E-state index contributed by atoms with van der Waals surface area (Å²) in [6, 6.07) is 9.09. The van der Waals surface area contributed by atoms with Crippen molar-refractivity contribution in [2.24, 2.45) is 0 Å². The van der Waals surface area contributed by atoms with Crippen LogP contribution in [-0.2, 0) is 6.54 Å². The van der Waals surface area contributed by atoms with Crippen LogP contribution in [0.25, 0.3) is 0 Å². The Labute approximate surface area is 115 Å². The molecule has 1 aromatic heterocycles. The summed E-state index contributed by atoms with van der Waals surface area (Å²) < 4.78 is 29.8. The maximum absolute atomic E-state index is 12.2. The summed E-state index contributed by atoms with van der Waals surface area (Å²) in [6.45, 7) is -2.87. The molecule has 0 saturated carbocycles. The maximum atomic E-state index is 12.2. The highest BCUT2D eigenvalue weighted by molar-refractivity contribution is 9.10. The molecular formula is C12H9BrF2N2O2. The fourth-order valence-corrected chi connectivity index (χ4v) is 1.87. The van der Waals surface area contributed by atoms with Gasteiger partial charge in [0.2, 0.25) is 5.75 Å². The molecule has 2 aromatic rings. The number of halogens is 3. The van der Waals surface area contributed by atoms with Crippen molar-refractivity contribution in [1.82, 2.24) is 9.78 Å². The lowest BCUT2D eigenvalue weighted by molar-refractivity contribution is -0.0517. The summed E-state index contributed by atoms with van der Waals surface area (Å²) in [7, 11) is 0. The Hall–Kier alpha value is -1.76. The van der Waals surface area contributed by atoms with Crippen LogP contribution in [0.2, 0.25) is 0 Å². The van der Waals surface area contributed by atoms with Crippen LogP contribution >= 0.6 is 15.9 Å². The minimum atomic E-state index is -3.06. The molecule has 0 bridgehead atoms. The van der Waals surface area contributed by atoms with E-state index in [2.05, 4.69) is 25.8 Å². The predicted molar refractivity (Wildman–Crippen MR) is 68.4 cm³/mol. The molecule has 0 radical (unpaired) electrons. The van der Waals surface area contributed by atoms with Crippen molar-refractivity contribution in [3.8, 4) is 5.75 Å². The van der Waals surface area contributed by atoms with Gasteiger partial charge >= 0.3 is 12.2 Å². The highest BCUT2D eigenvalue weighted by Gasteiger charge is 2.15. The monoisotopic (exact) mass is 330 g/mol. The van der Waals surface area contributed by atoms with E-state index < -0.39 is 17.9 Å². The van der Waals surface area contributed by atoms with Crippen molar-refractivity contribution < 1.29 is 13.5 Å². The third kappa shape index (κ3) is 3.37. The van der Waals surface area contributed by atoms with E-state index in [1.165, 1.54) is 6.20 Å². The third-order valence-electron chi connectivity index (χ3n) is 2.34. The molecule has 4 nitrogen and oxygen atoms in total. The highest BCUT2D eigenvalue weighted by Crippen LogP contribution is 2.20. The van der Waals surface area contributed by atoms with Crippen LogP contribution in [0.4, 0.5) is 8.78 Å². The summed E-state index contributed by atoms with van der Waals surface area (Å²) >= 11 is 2.96. The lowest BCUT2D eigenvalue weighted by Gasteiger charge is -2.09. The molecular weight excluding hydrogens is 322 g/mol. The second-order valence-corrected chi connectivity index (χ2v) is 4.50. The molecule has 0 aliphatic rings. The molecule has 0 atom stereocenters. The summed E-state index contributed by atoms with van der Waals surface area (Å²) in [5.41, 5.74) is 0.126. The van der Waals surface area contributed by atoms with Gasteiger partial charge in [0.05, 0.1) is 17.2 Å². The number of ether oxygens (including phenoxy) is 1. The molecule has 7 heteroatoms. The fraction of sp³-hybridized carbons (Fsp3) is 0.167. The minimum Gasteiger partial charge on any atom is -0.428 e. The van der Waals surface area contributed by atoms with Crippen LogP contribution < -0.4 is 10.3 Å². The van der Waals surface area contributed by atoms with E-state index in [1.807, 2.05) is 30.3 Å². The lowest BCUT2D eigenvalue weighted by Crippen LogP contribution is -2.26. The van der Waals surface area contributed by atoms with E-state index in [0.29, 0.717) is 0 Å². The zero-order chi connectivity index (χ0) is 13.8. The Kier molecular flexibility index (Phi) is 4.26. The Balaban J connectivity index is 2.35. The van der Waals surface area contributed by atoms with Crippen molar-refractivity contribution in [2.45, 2.75) is 13.2 Å². The van der Waals surface area contributed by atoms with Crippen molar-refractivity contribution in [1.29, 1.82) is 0 Å². The van der Waals surface area contributed by atoms with E-state index in [0.717, 1.165) is 10.2 Å². The van der Waals surface area contributed by atoms with E-state index in [9.17, 15) is 13.6 Å².